The molecule has 0 amide bonds. The van der Waals surface area contributed by atoms with Gasteiger partial charge in [-0.25, -0.2) is 9.97 Å². The zero-order valence-corrected chi connectivity index (χ0v) is 8.37. The summed E-state index contributed by atoms with van der Waals surface area (Å²) >= 11 is 0. The van der Waals surface area contributed by atoms with Crippen molar-refractivity contribution in [3.05, 3.63) is 24.8 Å². The van der Waals surface area contributed by atoms with Crippen molar-refractivity contribution in [2.45, 2.75) is 31.4 Å². The normalized spacial score (nSPS) is 26.2. The third kappa shape index (κ3) is 1.41. The lowest BCUT2D eigenvalue weighted by molar-refractivity contribution is 0.178. The molecule has 15 heavy (non-hydrogen) atoms. The van der Waals surface area contributed by atoms with Gasteiger partial charge < -0.3 is 9.67 Å². The predicted molar refractivity (Wildman–Crippen MR) is 56.4 cm³/mol. The Morgan fingerprint density at radius 2 is 2.33 bits per heavy atom. The van der Waals surface area contributed by atoms with Crippen LogP contribution in [0.5, 0.6) is 0 Å². The van der Waals surface area contributed by atoms with Crippen LogP contribution in [0, 0.1) is 0 Å². The van der Waals surface area contributed by atoms with Gasteiger partial charge in [-0.1, -0.05) is 0 Å². The fraction of sp³-hybridized carbons (Fsp3) is 0.455. The number of nitrogens with zero attached hydrogens (tertiary/aromatic N) is 3. The van der Waals surface area contributed by atoms with Gasteiger partial charge >= 0.3 is 0 Å². The maximum Gasteiger partial charge on any atom is 0.143 e. The van der Waals surface area contributed by atoms with Crippen LogP contribution in [0.2, 0.25) is 0 Å². The van der Waals surface area contributed by atoms with Crippen molar-refractivity contribution in [1.82, 2.24) is 14.5 Å². The second-order valence-corrected chi connectivity index (χ2v) is 4.15. The molecule has 4 heteroatoms. The Balaban J connectivity index is 2.04. The maximum atomic E-state index is 9.52. The molecule has 0 aromatic carbocycles. The quantitative estimate of drug-likeness (QED) is 0.764. The Labute approximate surface area is 87.6 Å². The first-order chi connectivity index (χ1) is 7.34. The van der Waals surface area contributed by atoms with Gasteiger partial charge in [0.25, 0.3) is 0 Å². The number of fused-ring (bicyclic) bond motifs is 1. The molecule has 1 aliphatic rings. The standard InChI is InChI=1S/C11H13N3O/c15-10-2-1-9(5-10)14-4-3-8-6-12-7-13-11(8)14/h3-4,6-7,9-10,15H,1-2,5H2. The van der Waals surface area contributed by atoms with E-state index < -0.39 is 0 Å². The van der Waals surface area contributed by atoms with Gasteiger partial charge in [-0.3, -0.25) is 0 Å². The van der Waals surface area contributed by atoms with Crippen molar-refractivity contribution in [1.29, 1.82) is 0 Å². The second-order valence-electron chi connectivity index (χ2n) is 4.15. The van der Waals surface area contributed by atoms with Gasteiger partial charge in [-0.15, -0.1) is 0 Å². The molecule has 1 aliphatic carbocycles. The number of hydrogen-bond acceptors (Lipinski definition) is 3. The van der Waals surface area contributed by atoms with Crippen molar-refractivity contribution in [2.24, 2.45) is 0 Å². The molecule has 0 aliphatic heterocycles. The Morgan fingerprint density at radius 3 is 3.13 bits per heavy atom. The summed E-state index contributed by atoms with van der Waals surface area (Å²) in [7, 11) is 0. The number of aromatic nitrogens is 3. The molecular weight excluding hydrogens is 190 g/mol. The number of hydrogen-bond donors (Lipinski definition) is 1. The molecule has 0 radical (unpaired) electrons. The molecule has 1 saturated carbocycles. The minimum Gasteiger partial charge on any atom is -0.393 e. The molecule has 2 aromatic heterocycles. The van der Waals surface area contributed by atoms with Crippen LogP contribution < -0.4 is 0 Å². The van der Waals surface area contributed by atoms with Crippen LogP contribution >= 0.6 is 0 Å². The Kier molecular flexibility index (Phi) is 1.95. The summed E-state index contributed by atoms with van der Waals surface area (Å²) in [6.07, 6.45) is 8.07. The number of aliphatic hydroxyl groups is 1. The number of rotatable bonds is 1. The average Bonchev–Trinajstić information content (AvgIpc) is 2.83. The van der Waals surface area contributed by atoms with E-state index in [0.29, 0.717) is 6.04 Å². The first kappa shape index (κ1) is 8.85. The highest BCUT2D eigenvalue weighted by Crippen LogP contribution is 2.32. The van der Waals surface area contributed by atoms with Gasteiger partial charge in [-0.05, 0) is 25.3 Å². The molecule has 3 rings (SSSR count). The van der Waals surface area contributed by atoms with E-state index in [1.54, 1.807) is 6.33 Å². The highest BCUT2D eigenvalue weighted by molar-refractivity contribution is 5.74. The predicted octanol–water partition coefficient (Wildman–Crippen LogP) is 1.52. The van der Waals surface area contributed by atoms with Gasteiger partial charge in [0.05, 0.1) is 6.10 Å². The Hall–Kier alpha value is -1.42. The molecule has 0 saturated heterocycles. The van der Waals surface area contributed by atoms with Crippen LogP contribution in [0.15, 0.2) is 24.8 Å². The third-order valence-electron chi connectivity index (χ3n) is 3.15. The van der Waals surface area contributed by atoms with Crippen molar-refractivity contribution in [2.75, 3.05) is 0 Å². The van der Waals surface area contributed by atoms with Crippen LogP contribution in [-0.2, 0) is 0 Å². The van der Waals surface area contributed by atoms with Crippen molar-refractivity contribution < 1.29 is 5.11 Å². The lowest BCUT2D eigenvalue weighted by atomic mass is 10.2. The summed E-state index contributed by atoms with van der Waals surface area (Å²) in [4.78, 5) is 8.27. The monoisotopic (exact) mass is 203 g/mol. The molecule has 78 valence electrons. The fourth-order valence-electron chi connectivity index (χ4n) is 2.38. The summed E-state index contributed by atoms with van der Waals surface area (Å²) < 4.78 is 2.16. The first-order valence-corrected chi connectivity index (χ1v) is 5.29. The Morgan fingerprint density at radius 1 is 1.40 bits per heavy atom. The number of aliphatic hydroxyl groups excluding tert-OH is 1. The minimum atomic E-state index is -0.144. The smallest absolute Gasteiger partial charge is 0.143 e. The summed E-state index contributed by atoms with van der Waals surface area (Å²) in [5, 5.41) is 10.6. The van der Waals surface area contributed by atoms with Crippen molar-refractivity contribution >= 4 is 11.0 Å². The lowest BCUT2D eigenvalue weighted by Crippen LogP contribution is -2.06. The zero-order valence-electron chi connectivity index (χ0n) is 8.37. The van der Waals surface area contributed by atoms with Gasteiger partial charge in [0.15, 0.2) is 0 Å². The summed E-state index contributed by atoms with van der Waals surface area (Å²) in [6.45, 7) is 0. The summed E-state index contributed by atoms with van der Waals surface area (Å²) in [6, 6.07) is 2.42. The minimum absolute atomic E-state index is 0.144. The third-order valence-corrected chi connectivity index (χ3v) is 3.15. The van der Waals surface area contributed by atoms with Crippen molar-refractivity contribution in [3.63, 3.8) is 0 Å². The summed E-state index contributed by atoms with van der Waals surface area (Å²) in [5.74, 6) is 0. The van der Waals surface area contributed by atoms with E-state index in [4.69, 9.17) is 0 Å². The lowest BCUT2D eigenvalue weighted by Gasteiger charge is -2.12. The largest absolute Gasteiger partial charge is 0.393 e. The maximum absolute atomic E-state index is 9.52. The van der Waals surface area contributed by atoms with Crippen LogP contribution in [0.25, 0.3) is 11.0 Å². The van der Waals surface area contributed by atoms with Gasteiger partial charge in [0, 0.05) is 23.8 Å². The van der Waals surface area contributed by atoms with Crippen LogP contribution in [-0.4, -0.2) is 25.7 Å². The first-order valence-electron chi connectivity index (χ1n) is 5.29. The van der Waals surface area contributed by atoms with Crippen molar-refractivity contribution in [3.8, 4) is 0 Å². The fourth-order valence-corrected chi connectivity index (χ4v) is 2.38. The van der Waals surface area contributed by atoms with E-state index in [1.165, 1.54) is 0 Å². The molecular formula is C11H13N3O. The highest BCUT2D eigenvalue weighted by atomic mass is 16.3. The van der Waals surface area contributed by atoms with Gasteiger partial charge in [-0.2, -0.15) is 0 Å². The Bertz CT molecular complexity index is 479. The van der Waals surface area contributed by atoms with Gasteiger partial charge in [0.2, 0.25) is 0 Å². The van der Waals surface area contributed by atoms with E-state index in [2.05, 4.69) is 14.5 Å². The highest BCUT2D eigenvalue weighted by Gasteiger charge is 2.24. The topological polar surface area (TPSA) is 50.9 Å². The van der Waals surface area contributed by atoms with Crippen LogP contribution in [0.1, 0.15) is 25.3 Å². The summed E-state index contributed by atoms with van der Waals surface area (Å²) in [5.41, 5.74) is 0.976. The SMILES string of the molecule is OC1CCC(n2ccc3cncnc32)C1. The van der Waals surface area contributed by atoms with E-state index in [1.807, 2.05) is 18.5 Å². The second kappa shape index (κ2) is 3.31. The van der Waals surface area contributed by atoms with Crippen LogP contribution in [0.3, 0.4) is 0 Å². The average molecular weight is 203 g/mol. The zero-order chi connectivity index (χ0) is 10.3. The molecule has 4 nitrogen and oxygen atoms in total. The molecule has 0 bridgehead atoms. The van der Waals surface area contributed by atoms with E-state index in [0.717, 1.165) is 30.3 Å². The molecule has 1 fully saturated rings. The molecule has 2 heterocycles. The molecule has 2 aromatic rings. The molecule has 2 unspecified atom stereocenters. The van der Waals surface area contributed by atoms with Crippen LogP contribution in [0.4, 0.5) is 0 Å². The van der Waals surface area contributed by atoms with E-state index >= 15 is 0 Å². The van der Waals surface area contributed by atoms with Gasteiger partial charge in [0.1, 0.15) is 12.0 Å². The van der Waals surface area contributed by atoms with E-state index in [9.17, 15) is 5.11 Å². The van der Waals surface area contributed by atoms with E-state index in [-0.39, 0.29) is 6.10 Å². The molecule has 2 atom stereocenters. The molecule has 1 N–H and O–H groups in total. The molecule has 0 spiro atoms.